The van der Waals surface area contributed by atoms with Gasteiger partial charge in [-0.2, -0.15) is 10.3 Å². The molecule has 0 saturated carbocycles. The third-order valence-corrected chi connectivity index (χ3v) is 1.77. The topological polar surface area (TPSA) is 89.7 Å². The highest BCUT2D eigenvalue weighted by Gasteiger charge is 2.01. The van der Waals surface area contributed by atoms with E-state index in [1.54, 1.807) is 12.3 Å². The zero-order chi connectivity index (χ0) is 9.80. The fourth-order valence-electron chi connectivity index (χ4n) is 1.07. The summed E-state index contributed by atoms with van der Waals surface area (Å²) in [6.45, 7) is 1.22. The van der Waals surface area contributed by atoms with Crippen LogP contribution in [0, 0.1) is 0 Å². The average Bonchev–Trinajstić information content (AvgIpc) is 2.65. The maximum atomic E-state index is 5.40. The summed E-state index contributed by atoms with van der Waals surface area (Å²) in [5.41, 5.74) is 6.64. The monoisotopic (exact) mass is 193 g/mol. The van der Waals surface area contributed by atoms with Crippen LogP contribution in [0.15, 0.2) is 12.3 Å². The molecule has 2 aromatic heterocycles. The van der Waals surface area contributed by atoms with Crippen LogP contribution >= 0.6 is 0 Å². The van der Waals surface area contributed by atoms with Crippen LogP contribution in [0.3, 0.4) is 0 Å². The molecule has 0 spiro atoms. The molecule has 0 atom stereocenters. The van der Waals surface area contributed by atoms with Crippen molar-refractivity contribution in [2.24, 2.45) is 5.73 Å². The van der Waals surface area contributed by atoms with Crippen LogP contribution in [-0.4, -0.2) is 33.5 Å². The van der Waals surface area contributed by atoms with Crippen molar-refractivity contribution in [3.8, 4) is 5.75 Å². The molecule has 6 heteroatoms. The van der Waals surface area contributed by atoms with Gasteiger partial charge in [-0.05, 0) is 13.0 Å². The number of hydrogen-bond donors (Lipinski definition) is 2. The summed E-state index contributed by atoms with van der Waals surface area (Å²) in [5, 5.41) is 10.2. The Morgan fingerprint density at radius 3 is 3.21 bits per heavy atom. The van der Waals surface area contributed by atoms with Gasteiger partial charge in [0, 0.05) is 6.07 Å². The van der Waals surface area contributed by atoms with Gasteiger partial charge in [0.2, 0.25) is 5.65 Å². The summed E-state index contributed by atoms with van der Waals surface area (Å²) >= 11 is 0. The highest BCUT2D eigenvalue weighted by Crippen LogP contribution is 2.13. The Hall–Kier alpha value is -1.69. The van der Waals surface area contributed by atoms with Gasteiger partial charge in [0.05, 0.1) is 12.8 Å². The normalized spacial score (nSPS) is 10.6. The molecule has 3 N–H and O–H groups in total. The molecule has 0 aliphatic heterocycles. The predicted molar refractivity (Wildman–Crippen MR) is 50.9 cm³/mol. The van der Waals surface area contributed by atoms with Crippen molar-refractivity contribution in [2.45, 2.75) is 6.42 Å². The van der Waals surface area contributed by atoms with Crippen molar-refractivity contribution in [2.75, 3.05) is 13.2 Å². The van der Waals surface area contributed by atoms with Crippen molar-refractivity contribution in [1.82, 2.24) is 20.4 Å². The van der Waals surface area contributed by atoms with Crippen LogP contribution in [0.25, 0.3) is 11.2 Å². The number of nitrogens with zero attached hydrogens (tertiary/aromatic N) is 3. The molecular formula is C8H11N5O. The average molecular weight is 193 g/mol. The standard InChI is InChI=1S/C8H11N5O/c9-2-1-3-14-6-4-7-8(10-5-6)12-13-11-7/h4-5H,1-3,9H2,(H,10,11,12,13). The lowest BCUT2D eigenvalue weighted by atomic mass is 10.4. The molecule has 2 rings (SSSR count). The van der Waals surface area contributed by atoms with E-state index in [0.29, 0.717) is 30.1 Å². The van der Waals surface area contributed by atoms with Crippen LogP contribution in [0.5, 0.6) is 5.75 Å². The summed E-state index contributed by atoms with van der Waals surface area (Å²) in [5.74, 6) is 0.694. The maximum Gasteiger partial charge on any atom is 0.201 e. The molecular weight excluding hydrogens is 182 g/mol. The van der Waals surface area contributed by atoms with Crippen LogP contribution in [0.1, 0.15) is 6.42 Å². The number of hydrogen-bond acceptors (Lipinski definition) is 5. The summed E-state index contributed by atoms with van der Waals surface area (Å²) in [4.78, 5) is 4.06. The van der Waals surface area contributed by atoms with E-state index in [4.69, 9.17) is 10.5 Å². The van der Waals surface area contributed by atoms with E-state index in [1.165, 1.54) is 0 Å². The van der Waals surface area contributed by atoms with Gasteiger partial charge >= 0.3 is 0 Å². The Bertz CT molecular complexity index is 413. The first-order valence-corrected chi connectivity index (χ1v) is 4.39. The highest BCUT2D eigenvalue weighted by atomic mass is 16.5. The molecule has 14 heavy (non-hydrogen) atoms. The lowest BCUT2D eigenvalue weighted by molar-refractivity contribution is 0.312. The number of aromatic nitrogens is 4. The molecule has 0 saturated heterocycles. The van der Waals surface area contributed by atoms with E-state index < -0.39 is 0 Å². The molecule has 0 aromatic carbocycles. The summed E-state index contributed by atoms with van der Waals surface area (Å²) in [6.07, 6.45) is 2.46. The number of rotatable bonds is 4. The van der Waals surface area contributed by atoms with Crippen molar-refractivity contribution in [1.29, 1.82) is 0 Å². The summed E-state index contributed by atoms with van der Waals surface area (Å²) in [6, 6.07) is 1.79. The molecule has 0 fully saturated rings. The smallest absolute Gasteiger partial charge is 0.201 e. The first-order chi connectivity index (χ1) is 6.90. The van der Waals surface area contributed by atoms with Crippen molar-refractivity contribution in [3.63, 3.8) is 0 Å². The predicted octanol–water partition coefficient (Wildman–Crippen LogP) is 0.0805. The zero-order valence-corrected chi connectivity index (χ0v) is 7.60. The van der Waals surface area contributed by atoms with Crippen molar-refractivity contribution < 1.29 is 4.74 Å². The second kappa shape index (κ2) is 4.01. The molecule has 0 bridgehead atoms. The van der Waals surface area contributed by atoms with Gasteiger partial charge in [0.25, 0.3) is 0 Å². The van der Waals surface area contributed by atoms with E-state index in [1.807, 2.05) is 0 Å². The Labute approximate surface area is 80.5 Å². The number of fused-ring (bicyclic) bond motifs is 1. The van der Waals surface area contributed by atoms with E-state index >= 15 is 0 Å². The molecule has 0 aliphatic rings. The molecule has 74 valence electrons. The minimum absolute atomic E-state index is 0.594. The Kier molecular flexibility index (Phi) is 2.55. The molecule has 2 aromatic rings. The lowest BCUT2D eigenvalue weighted by Gasteiger charge is -2.03. The maximum absolute atomic E-state index is 5.40. The number of H-pyrrole nitrogens is 1. The van der Waals surface area contributed by atoms with Crippen LogP contribution in [0.4, 0.5) is 0 Å². The van der Waals surface area contributed by atoms with E-state index in [0.717, 1.165) is 6.42 Å². The van der Waals surface area contributed by atoms with Gasteiger partial charge in [-0.3, -0.25) is 0 Å². The number of nitrogens with one attached hydrogen (secondary N) is 1. The largest absolute Gasteiger partial charge is 0.492 e. The second-order valence-electron chi connectivity index (χ2n) is 2.83. The number of ether oxygens (including phenoxy) is 1. The summed E-state index contributed by atoms with van der Waals surface area (Å²) < 4.78 is 5.40. The van der Waals surface area contributed by atoms with Crippen LogP contribution < -0.4 is 10.5 Å². The number of pyridine rings is 1. The Morgan fingerprint density at radius 2 is 2.36 bits per heavy atom. The quantitative estimate of drug-likeness (QED) is 0.671. The molecule has 0 aliphatic carbocycles. The fraction of sp³-hybridized carbons (Fsp3) is 0.375. The summed E-state index contributed by atoms with van der Waals surface area (Å²) in [7, 11) is 0. The zero-order valence-electron chi connectivity index (χ0n) is 7.60. The van der Waals surface area contributed by atoms with Crippen LogP contribution in [0.2, 0.25) is 0 Å². The van der Waals surface area contributed by atoms with Crippen LogP contribution in [-0.2, 0) is 0 Å². The van der Waals surface area contributed by atoms with Gasteiger partial charge < -0.3 is 10.5 Å². The van der Waals surface area contributed by atoms with Gasteiger partial charge in [0.1, 0.15) is 11.3 Å². The van der Waals surface area contributed by atoms with Crippen molar-refractivity contribution in [3.05, 3.63) is 12.3 Å². The third-order valence-electron chi connectivity index (χ3n) is 1.77. The first-order valence-electron chi connectivity index (χ1n) is 4.39. The molecule has 2 heterocycles. The number of nitrogens with two attached hydrogens (primary N) is 1. The molecule has 0 amide bonds. The minimum atomic E-state index is 0.594. The molecule has 0 unspecified atom stereocenters. The van der Waals surface area contributed by atoms with Crippen molar-refractivity contribution >= 4 is 11.2 Å². The van der Waals surface area contributed by atoms with Gasteiger partial charge in [0.15, 0.2) is 0 Å². The van der Waals surface area contributed by atoms with Gasteiger partial charge in [-0.25, -0.2) is 4.98 Å². The van der Waals surface area contributed by atoms with Gasteiger partial charge in [-0.15, -0.1) is 5.10 Å². The van der Waals surface area contributed by atoms with E-state index in [9.17, 15) is 0 Å². The van der Waals surface area contributed by atoms with E-state index in [2.05, 4.69) is 20.4 Å². The molecule has 6 nitrogen and oxygen atoms in total. The lowest BCUT2D eigenvalue weighted by Crippen LogP contribution is -2.06. The SMILES string of the molecule is NCCCOc1cnc2n[nH]nc2c1. The second-order valence-corrected chi connectivity index (χ2v) is 2.83. The highest BCUT2D eigenvalue weighted by molar-refractivity contribution is 5.69. The third kappa shape index (κ3) is 1.80. The van der Waals surface area contributed by atoms with E-state index in [-0.39, 0.29) is 0 Å². The Balaban J connectivity index is 2.10. The first kappa shape index (κ1) is 8.89. The minimum Gasteiger partial charge on any atom is -0.492 e. The Morgan fingerprint density at radius 1 is 1.43 bits per heavy atom. The fourth-order valence-corrected chi connectivity index (χ4v) is 1.07. The number of aromatic amines is 1. The van der Waals surface area contributed by atoms with Gasteiger partial charge in [-0.1, -0.05) is 0 Å². The molecule has 0 radical (unpaired) electrons.